The zero-order valence-corrected chi connectivity index (χ0v) is 18.1. The van der Waals surface area contributed by atoms with Crippen LogP contribution in [0.3, 0.4) is 0 Å². The van der Waals surface area contributed by atoms with Gasteiger partial charge in [-0.05, 0) is 45.2 Å². The molecule has 29 heavy (non-hydrogen) atoms. The highest BCUT2D eigenvalue weighted by molar-refractivity contribution is 8.00. The maximum atomic E-state index is 13.0. The topological polar surface area (TPSA) is 57.0 Å². The molecule has 0 saturated heterocycles. The second kappa shape index (κ2) is 8.67. The summed E-state index contributed by atoms with van der Waals surface area (Å²) in [6.45, 7) is 5.68. The number of benzene rings is 1. The van der Waals surface area contributed by atoms with E-state index in [9.17, 15) is 4.79 Å². The van der Waals surface area contributed by atoms with Crippen LogP contribution in [0.2, 0.25) is 0 Å². The van der Waals surface area contributed by atoms with Crippen LogP contribution < -0.4 is 0 Å². The minimum absolute atomic E-state index is 0.150. The molecular weight excluding hydrogens is 382 g/mol. The summed E-state index contributed by atoms with van der Waals surface area (Å²) in [4.78, 5) is 22.5. The molecule has 1 aliphatic carbocycles. The first kappa shape index (κ1) is 20.1. The highest BCUT2D eigenvalue weighted by Gasteiger charge is 2.27. The van der Waals surface area contributed by atoms with E-state index in [0.717, 1.165) is 71.1 Å². The average Bonchev–Trinajstić information content (AvgIpc) is 3.54. The monoisotopic (exact) mass is 409 g/mol. The Morgan fingerprint density at radius 3 is 2.79 bits per heavy atom. The molecule has 2 heterocycles. The Kier molecular flexibility index (Phi) is 6.01. The highest BCUT2D eigenvalue weighted by atomic mass is 32.2. The lowest BCUT2D eigenvalue weighted by atomic mass is 10.2. The lowest BCUT2D eigenvalue weighted by Crippen LogP contribution is -2.08. The van der Waals surface area contributed by atoms with Crippen molar-refractivity contribution >= 4 is 28.4 Å². The molecule has 0 amide bonds. The SMILES string of the molecule is COCCCn1c(C)cc(C(=O)CSc2nc(C3CC3)nc3ccccc23)c1C. The van der Waals surface area contributed by atoms with Crippen LogP contribution in [0, 0.1) is 13.8 Å². The van der Waals surface area contributed by atoms with E-state index in [2.05, 4.69) is 11.5 Å². The molecule has 0 spiro atoms. The predicted molar refractivity (Wildman–Crippen MR) is 117 cm³/mol. The second-order valence-electron chi connectivity index (χ2n) is 7.67. The second-order valence-corrected chi connectivity index (χ2v) is 8.64. The molecule has 0 unspecified atom stereocenters. The number of hydrogen-bond donors (Lipinski definition) is 0. The van der Waals surface area contributed by atoms with E-state index in [1.807, 2.05) is 37.3 Å². The van der Waals surface area contributed by atoms with Gasteiger partial charge >= 0.3 is 0 Å². The number of aryl methyl sites for hydroxylation is 1. The molecule has 1 saturated carbocycles. The van der Waals surface area contributed by atoms with Crippen molar-refractivity contribution < 1.29 is 9.53 Å². The molecule has 0 bridgehead atoms. The van der Waals surface area contributed by atoms with Gasteiger partial charge < -0.3 is 9.30 Å². The molecule has 0 N–H and O–H groups in total. The number of methoxy groups -OCH3 is 1. The van der Waals surface area contributed by atoms with Crippen molar-refractivity contribution in [1.29, 1.82) is 0 Å². The quantitative estimate of drug-likeness (QED) is 0.217. The standard InChI is InChI=1S/C23H27N3O2S/c1-15-13-19(16(2)26(15)11-6-12-28-3)21(27)14-29-23-18-7-4-5-8-20(18)24-22(25-23)17-9-10-17/h4-5,7-8,13,17H,6,9-12,14H2,1-3H3. The number of rotatable bonds is 9. The van der Waals surface area contributed by atoms with Crippen LogP contribution in [0.4, 0.5) is 0 Å². The third kappa shape index (κ3) is 4.38. The molecule has 1 aromatic carbocycles. The Morgan fingerprint density at radius 1 is 1.24 bits per heavy atom. The van der Waals surface area contributed by atoms with Gasteiger partial charge in [0.1, 0.15) is 10.9 Å². The molecule has 1 aliphatic rings. The van der Waals surface area contributed by atoms with Gasteiger partial charge in [0.25, 0.3) is 0 Å². The van der Waals surface area contributed by atoms with Crippen molar-refractivity contribution in [3.05, 3.63) is 53.1 Å². The van der Waals surface area contributed by atoms with Crippen molar-refractivity contribution in [3.63, 3.8) is 0 Å². The highest BCUT2D eigenvalue weighted by Crippen LogP contribution is 2.39. The summed E-state index contributed by atoms with van der Waals surface area (Å²) in [7, 11) is 1.72. The minimum atomic E-state index is 0.150. The van der Waals surface area contributed by atoms with Gasteiger partial charge in [0, 0.05) is 48.5 Å². The zero-order chi connectivity index (χ0) is 20.4. The van der Waals surface area contributed by atoms with Crippen molar-refractivity contribution in [1.82, 2.24) is 14.5 Å². The van der Waals surface area contributed by atoms with Gasteiger partial charge in [-0.3, -0.25) is 4.79 Å². The summed E-state index contributed by atoms with van der Waals surface area (Å²) >= 11 is 1.53. The molecule has 152 valence electrons. The molecular formula is C23H27N3O2S. The van der Waals surface area contributed by atoms with Gasteiger partial charge in [-0.15, -0.1) is 0 Å². The van der Waals surface area contributed by atoms with Gasteiger partial charge in [-0.25, -0.2) is 9.97 Å². The summed E-state index contributed by atoms with van der Waals surface area (Å²) in [6.07, 6.45) is 3.26. The number of para-hydroxylation sites is 1. The van der Waals surface area contributed by atoms with E-state index in [0.29, 0.717) is 11.7 Å². The van der Waals surface area contributed by atoms with Gasteiger partial charge in [-0.1, -0.05) is 30.0 Å². The van der Waals surface area contributed by atoms with Gasteiger partial charge in [-0.2, -0.15) is 0 Å². The predicted octanol–water partition coefficient (Wildman–Crippen LogP) is 4.94. The van der Waals surface area contributed by atoms with Gasteiger partial charge in [0.05, 0.1) is 11.3 Å². The van der Waals surface area contributed by atoms with Crippen LogP contribution >= 0.6 is 11.8 Å². The molecule has 2 aromatic heterocycles. The molecule has 1 fully saturated rings. The van der Waals surface area contributed by atoms with Crippen LogP contribution in [-0.2, 0) is 11.3 Å². The smallest absolute Gasteiger partial charge is 0.174 e. The van der Waals surface area contributed by atoms with Gasteiger partial charge in [0.2, 0.25) is 0 Å². The molecule has 6 heteroatoms. The van der Waals surface area contributed by atoms with Crippen LogP contribution in [0.15, 0.2) is 35.4 Å². The van der Waals surface area contributed by atoms with Crippen LogP contribution in [-0.4, -0.2) is 39.8 Å². The summed E-state index contributed by atoms with van der Waals surface area (Å²) < 4.78 is 7.37. The Labute approximate surface area is 175 Å². The Balaban J connectivity index is 1.52. The normalized spacial score (nSPS) is 13.9. The summed E-state index contributed by atoms with van der Waals surface area (Å²) in [5, 5.41) is 1.94. The van der Waals surface area contributed by atoms with E-state index in [4.69, 9.17) is 14.7 Å². The number of fused-ring (bicyclic) bond motifs is 1. The van der Waals surface area contributed by atoms with Crippen molar-refractivity contribution in [2.75, 3.05) is 19.5 Å². The van der Waals surface area contributed by atoms with E-state index < -0.39 is 0 Å². The van der Waals surface area contributed by atoms with E-state index >= 15 is 0 Å². The summed E-state index contributed by atoms with van der Waals surface area (Å²) in [5.74, 6) is 1.94. The first-order chi connectivity index (χ1) is 14.1. The minimum Gasteiger partial charge on any atom is -0.385 e. The number of thioether (sulfide) groups is 1. The van der Waals surface area contributed by atoms with Crippen molar-refractivity contribution in [2.45, 2.75) is 50.6 Å². The van der Waals surface area contributed by atoms with Crippen molar-refractivity contribution in [3.8, 4) is 0 Å². The molecule has 3 aromatic rings. The molecule has 0 radical (unpaired) electrons. The number of aromatic nitrogens is 3. The molecule has 0 aliphatic heterocycles. The maximum Gasteiger partial charge on any atom is 0.174 e. The number of ketones is 1. The van der Waals surface area contributed by atoms with Crippen LogP contribution in [0.1, 0.15) is 52.8 Å². The maximum absolute atomic E-state index is 13.0. The fraction of sp³-hybridized carbons (Fsp3) is 0.435. The number of hydrogen-bond acceptors (Lipinski definition) is 5. The molecule has 5 nitrogen and oxygen atoms in total. The molecule has 0 atom stereocenters. The fourth-order valence-corrected chi connectivity index (χ4v) is 4.61. The largest absolute Gasteiger partial charge is 0.385 e. The van der Waals surface area contributed by atoms with E-state index in [1.165, 1.54) is 11.8 Å². The number of nitrogens with zero attached hydrogens (tertiary/aromatic N) is 3. The zero-order valence-electron chi connectivity index (χ0n) is 17.3. The summed E-state index contributed by atoms with van der Waals surface area (Å²) in [6, 6.07) is 10.1. The lowest BCUT2D eigenvalue weighted by Gasteiger charge is -2.10. The third-order valence-electron chi connectivity index (χ3n) is 5.47. The number of carbonyl (C=O) groups excluding carboxylic acids is 1. The fourth-order valence-electron chi connectivity index (χ4n) is 3.70. The number of carbonyl (C=O) groups is 1. The Hall–Kier alpha value is -2.18. The lowest BCUT2D eigenvalue weighted by molar-refractivity contribution is 0.102. The Bertz CT molecular complexity index is 1040. The van der Waals surface area contributed by atoms with Gasteiger partial charge in [0.15, 0.2) is 5.78 Å². The number of Topliss-reactive ketones (excluding diaryl/α,β-unsaturated/α-hetero) is 1. The first-order valence-corrected chi connectivity index (χ1v) is 11.2. The van der Waals surface area contributed by atoms with E-state index in [-0.39, 0.29) is 5.78 Å². The third-order valence-corrected chi connectivity index (χ3v) is 6.46. The first-order valence-electron chi connectivity index (χ1n) is 10.2. The van der Waals surface area contributed by atoms with E-state index in [1.54, 1.807) is 7.11 Å². The average molecular weight is 410 g/mol. The van der Waals surface area contributed by atoms with Crippen LogP contribution in [0.5, 0.6) is 0 Å². The van der Waals surface area contributed by atoms with Crippen LogP contribution in [0.25, 0.3) is 10.9 Å². The Morgan fingerprint density at radius 2 is 2.03 bits per heavy atom. The summed E-state index contributed by atoms with van der Waals surface area (Å²) in [5.41, 5.74) is 3.94. The van der Waals surface area contributed by atoms with Crippen molar-refractivity contribution in [2.24, 2.45) is 0 Å². The number of ether oxygens (including phenoxy) is 1. The molecule has 4 rings (SSSR count).